The molecule has 116 valence electrons. The summed E-state index contributed by atoms with van der Waals surface area (Å²) in [5.74, 6) is -0.0418. The lowest BCUT2D eigenvalue weighted by molar-refractivity contribution is -0.709. The lowest BCUT2D eigenvalue weighted by Gasteiger charge is -2.18. The maximum Gasteiger partial charge on any atom is 0.287 e. The molecule has 1 amide bonds. The Hall–Kier alpha value is -1.84. The van der Waals surface area contributed by atoms with Crippen molar-refractivity contribution < 1.29 is 10.1 Å². The summed E-state index contributed by atoms with van der Waals surface area (Å²) >= 11 is 6.12. The minimum atomic E-state index is -0.277. The molecule has 0 aromatic heterocycles. The molecular weight excluding hydrogens is 296 g/mol. The Labute approximate surface area is 136 Å². The molecule has 3 N–H and O–H groups in total. The van der Waals surface area contributed by atoms with E-state index in [1.54, 1.807) is 6.07 Å². The number of hydrogen-bond donors (Lipinski definition) is 2. The van der Waals surface area contributed by atoms with Crippen LogP contribution in [0.1, 0.15) is 31.0 Å². The highest BCUT2D eigenvalue weighted by Crippen LogP contribution is 2.21. The van der Waals surface area contributed by atoms with Gasteiger partial charge in [-0.15, -0.1) is 0 Å². The van der Waals surface area contributed by atoms with Crippen molar-refractivity contribution in [2.45, 2.75) is 32.9 Å². The quantitative estimate of drug-likeness (QED) is 0.873. The Bertz CT molecular complexity index is 641. The Morgan fingerprint density at radius 2 is 1.82 bits per heavy atom. The van der Waals surface area contributed by atoms with Crippen LogP contribution in [0.3, 0.4) is 0 Å². The number of anilines is 1. The molecule has 0 saturated carbocycles. The summed E-state index contributed by atoms with van der Waals surface area (Å²) in [5.41, 5.74) is 2.71. The Morgan fingerprint density at radius 1 is 1.14 bits per heavy atom. The van der Waals surface area contributed by atoms with Gasteiger partial charge in [-0.1, -0.05) is 48.0 Å². The van der Waals surface area contributed by atoms with E-state index in [0.717, 1.165) is 16.8 Å². The first-order valence-corrected chi connectivity index (χ1v) is 7.82. The molecule has 0 aliphatic heterocycles. The van der Waals surface area contributed by atoms with Crippen LogP contribution in [-0.4, -0.2) is 11.9 Å². The number of nitrogens with two attached hydrogens (primary N) is 1. The number of halogens is 1. The smallest absolute Gasteiger partial charge is 0.287 e. The van der Waals surface area contributed by atoms with E-state index in [0.29, 0.717) is 11.1 Å². The van der Waals surface area contributed by atoms with Crippen molar-refractivity contribution in [2.75, 3.05) is 5.32 Å². The minimum absolute atomic E-state index is 0.0418. The molecule has 0 saturated heterocycles. The van der Waals surface area contributed by atoms with Gasteiger partial charge in [-0.05, 0) is 38.5 Å². The fourth-order valence-electron chi connectivity index (χ4n) is 2.29. The summed E-state index contributed by atoms with van der Waals surface area (Å²) in [6, 6.07) is 15.4. The molecule has 3 nitrogen and oxygen atoms in total. The maximum absolute atomic E-state index is 12.7. The number of amides is 1. The third kappa shape index (κ3) is 4.33. The van der Waals surface area contributed by atoms with E-state index in [2.05, 4.69) is 24.5 Å². The van der Waals surface area contributed by atoms with E-state index in [-0.39, 0.29) is 11.9 Å². The molecule has 0 aliphatic rings. The molecule has 0 fully saturated rings. The van der Waals surface area contributed by atoms with Gasteiger partial charge < -0.3 is 10.6 Å². The second-order valence-corrected chi connectivity index (χ2v) is 6.19. The first kappa shape index (κ1) is 16.5. The highest BCUT2D eigenvalue weighted by Gasteiger charge is 2.25. The normalized spacial score (nSPS) is 12.2. The number of quaternary nitrogens is 1. The number of benzene rings is 2. The Kier molecular flexibility index (Phi) is 5.58. The van der Waals surface area contributed by atoms with E-state index < -0.39 is 0 Å². The van der Waals surface area contributed by atoms with Crippen LogP contribution in [-0.2, 0) is 4.79 Å². The molecule has 2 rings (SSSR count). The van der Waals surface area contributed by atoms with Gasteiger partial charge in [0.15, 0.2) is 6.04 Å². The molecule has 0 radical (unpaired) electrons. The largest absolute Gasteiger partial charge is 0.330 e. The topological polar surface area (TPSA) is 45.7 Å². The second kappa shape index (κ2) is 7.43. The number of nitrogens with one attached hydrogen (secondary N) is 1. The minimum Gasteiger partial charge on any atom is -0.330 e. The van der Waals surface area contributed by atoms with Gasteiger partial charge in [-0.25, -0.2) is 0 Å². The molecule has 22 heavy (non-hydrogen) atoms. The van der Waals surface area contributed by atoms with Gasteiger partial charge in [0.05, 0.1) is 6.04 Å². The molecule has 0 bridgehead atoms. The summed E-state index contributed by atoms with van der Waals surface area (Å²) in [7, 11) is 0. The third-order valence-corrected chi connectivity index (χ3v) is 3.87. The molecule has 0 spiro atoms. The van der Waals surface area contributed by atoms with Crippen LogP contribution in [0.2, 0.25) is 5.02 Å². The predicted octanol–water partition coefficient (Wildman–Crippen LogP) is 3.30. The van der Waals surface area contributed by atoms with Gasteiger partial charge >= 0.3 is 0 Å². The van der Waals surface area contributed by atoms with Crippen LogP contribution in [0.15, 0.2) is 48.5 Å². The zero-order valence-corrected chi connectivity index (χ0v) is 13.9. The third-order valence-electron chi connectivity index (χ3n) is 3.46. The predicted molar refractivity (Wildman–Crippen MR) is 91.1 cm³/mol. The van der Waals surface area contributed by atoms with Gasteiger partial charge in [0.25, 0.3) is 5.91 Å². The van der Waals surface area contributed by atoms with E-state index in [1.165, 1.54) is 0 Å². The molecule has 1 atom stereocenters. The maximum atomic E-state index is 12.7. The Morgan fingerprint density at radius 3 is 2.41 bits per heavy atom. The van der Waals surface area contributed by atoms with Crippen LogP contribution in [0, 0.1) is 6.92 Å². The molecule has 0 unspecified atom stereocenters. The van der Waals surface area contributed by atoms with Crippen molar-refractivity contribution in [3.05, 3.63) is 64.7 Å². The van der Waals surface area contributed by atoms with Crippen LogP contribution in [0.4, 0.5) is 5.69 Å². The first-order chi connectivity index (χ1) is 10.5. The van der Waals surface area contributed by atoms with Gasteiger partial charge in [0.2, 0.25) is 0 Å². The van der Waals surface area contributed by atoms with Crippen molar-refractivity contribution in [3.63, 3.8) is 0 Å². The SMILES string of the molecule is Cc1ccc(NC(=O)[C@H]([NH2+]C(C)C)c2ccccc2)cc1Cl. The van der Waals surface area contributed by atoms with Crippen molar-refractivity contribution in [2.24, 2.45) is 0 Å². The van der Waals surface area contributed by atoms with Gasteiger partial charge in [0, 0.05) is 16.3 Å². The van der Waals surface area contributed by atoms with Crippen molar-refractivity contribution in [1.29, 1.82) is 0 Å². The zero-order chi connectivity index (χ0) is 16.1. The standard InChI is InChI=1S/C18H21ClN2O/c1-12(2)20-17(14-7-5-4-6-8-14)18(22)21-15-10-9-13(3)16(19)11-15/h4-12,17,20H,1-3H3,(H,21,22)/p+1/t17-/m1/s1. The van der Waals surface area contributed by atoms with Crippen LogP contribution < -0.4 is 10.6 Å². The van der Waals surface area contributed by atoms with Crippen LogP contribution >= 0.6 is 11.6 Å². The van der Waals surface area contributed by atoms with Gasteiger partial charge in [-0.2, -0.15) is 0 Å². The highest BCUT2D eigenvalue weighted by atomic mass is 35.5. The van der Waals surface area contributed by atoms with Crippen molar-refractivity contribution in [3.8, 4) is 0 Å². The summed E-state index contributed by atoms with van der Waals surface area (Å²) in [6.07, 6.45) is 0. The van der Waals surface area contributed by atoms with Crippen LogP contribution in [0.5, 0.6) is 0 Å². The average molecular weight is 318 g/mol. The highest BCUT2D eigenvalue weighted by molar-refractivity contribution is 6.31. The average Bonchev–Trinajstić information content (AvgIpc) is 2.49. The van der Waals surface area contributed by atoms with E-state index in [4.69, 9.17) is 11.6 Å². The fraction of sp³-hybridized carbons (Fsp3) is 0.278. The fourth-order valence-corrected chi connectivity index (χ4v) is 2.47. The zero-order valence-electron chi connectivity index (χ0n) is 13.1. The summed E-state index contributed by atoms with van der Waals surface area (Å²) in [5, 5.41) is 5.67. The Balaban J connectivity index is 2.20. The first-order valence-electron chi connectivity index (χ1n) is 7.44. The van der Waals surface area contributed by atoms with E-state index in [9.17, 15) is 4.79 Å². The molecule has 2 aromatic carbocycles. The molecule has 4 heteroatoms. The monoisotopic (exact) mass is 317 g/mol. The number of rotatable bonds is 5. The lowest BCUT2D eigenvalue weighted by atomic mass is 10.1. The number of carbonyl (C=O) groups is 1. The molecule has 0 aliphatic carbocycles. The lowest BCUT2D eigenvalue weighted by Crippen LogP contribution is -2.91. The van der Waals surface area contributed by atoms with Crippen molar-refractivity contribution in [1.82, 2.24) is 0 Å². The number of carbonyl (C=O) groups excluding carboxylic acids is 1. The molecule has 0 heterocycles. The summed E-state index contributed by atoms with van der Waals surface area (Å²) < 4.78 is 0. The molecular formula is C18H22ClN2O+. The van der Waals surface area contributed by atoms with Crippen LogP contribution in [0.25, 0.3) is 0 Å². The van der Waals surface area contributed by atoms with Gasteiger partial charge in [0.1, 0.15) is 0 Å². The molecule has 2 aromatic rings. The number of aryl methyl sites for hydroxylation is 1. The van der Waals surface area contributed by atoms with Crippen molar-refractivity contribution >= 4 is 23.2 Å². The number of hydrogen-bond acceptors (Lipinski definition) is 1. The van der Waals surface area contributed by atoms with E-state index in [1.807, 2.05) is 49.4 Å². The second-order valence-electron chi connectivity index (χ2n) is 5.78. The van der Waals surface area contributed by atoms with Gasteiger partial charge in [-0.3, -0.25) is 4.79 Å². The summed E-state index contributed by atoms with van der Waals surface area (Å²) in [4.78, 5) is 12.7. The summed E-state index contributed by atoms with van der Waals surface area (Å²) in [6.45, 7) is 6.09. The van der Waals surface area contributed by atoms with E-state index >= 15 is 0 Å².